The molecule has 5 heteroatoms. The highest BCUT2D eigenvalue weighted by Crippen LogP contribution is 2.49. The van der Waals surface area contributed by atoms with E-state index in [0.29, 0.717) is 0 Å². The van der Waals surface area contributed by atoms with Crippen LogP contribution >= 0.6 is 0 Å². The predicted molar refractivity (Wildman–Crippen MR) is 252 cm³/mol. The van der Waals surface area contributed by atoms with Crippen LogP contribution in [-0.2, 0) is 0 Å². The van der Waals surface area contributed by atoms with Crippen LogP contribution in [-0.4, -0.2) is 23.7 Å². The summed E-state index contributed by atoms with van der Waals surface area (Å²) in [7, 11) is 0. The van der Waals surface area contributed by atoms with Gasteiger partial charge in [-0.3, -0.25) is 4.57 Å². The van der Waals surface area contributed by atoms with Crippen LogP contribution in [0.4, 0.5) is 0 Å². The Bertz CT molecular complexity index is 4000. The molecular formula is C56H33N5. The molecule has 0 fully saturated rings. The third-order valence-corrected chi connectivity index (χ3v) is 13.0. The molecule has 0 radical (unpaired) electrons. The van der Waals surface area contributed by atoms with Gasteiger partial charge in [-0.25, -0.2) is 9.97 Å². The number of nitrogens with zero attached hydrogens (tertiary/aromatic N) is 5. The molecule has 0 unspecified atom stereocenters. The maximum absolute atomic E-state index is 5.59. The Morgan fingerprint density at radius 1 is 0.311 bits per heavy atom. The molecule has 282 valence electrons. The summed E-state index contributed by atoms with van der Waals surface area (Å²) in [6, 6.07) is 72.3. The molecule has 0 bridgehead atoms. The number of hydrogen-bond acceptors (Lipinski definition) is 2. The van der Waals surface area contributed by atoms with E-state index in [0.717, 1.165) is 61.2 Å². The lowest BCUT2D eigenvalue weighted by Gasteiger charge is -2.15. The van der Waals surface area contributed by atoms with Gasteiger partial charge < -0.3 is 9.13 Å². The zero-order chi connectivity index (χ0) is 39.8. The maximum atomic E-state index is 5.59. The van der Waals surface area contributed by atoms with Gasteiger partial charge in [-0.1, -0.05) is 140 Å². The van der Waals surface area contributed by atoms with Crippen molar-refractivity contribution in [1.82, 2.24) is 23.7 Å². The van der Waals surface area contributed by atoms with Gasteiger partial charge in [0.05, 0.1) is 49.8 Å². The van der Waals surface area contributed by atoms with Crippen molar-refractivity contribution in [3.05, 3.63) is 200 Å². The maximum Gasteiger partial charge on any atom is 0.165 e. The van der Waals surface area contributed by atoms with Crippen LogP contribution in [0.15, 0.2) is 200 Å². The summed E-state index contributed by atoms with van der Waals surface area (Å²) in [5, 5.41) is 7.09. The molecule has 0 N–H and O–H groups in total. The van der Waals surface area contributed by atoms with Gasteiger partial charge in [-0.2, -0.15) is 0 Å². The molecule has 4 aromatic heterocycles. The SMILES string of the molecule is c1ccc(-n2c3ccccc3c3c(-c4nc5ccccc5nc4-n4c5ccccc5c5cc6c(cc54)c4cccc5c4n6-c4ccccc4-c4ccccc4-5)cccc32)cc1. The van der Waals surface area contributed by atoms with Crippen molar-refractivity contribution in [3.63, 3.8) is 0 Å². The zero-order valence-corrected chi connectivity index (χ0v) is 32.8. The second kappa shape index (κ2) is 12.1. The van der Waals surface area contributed by atoms with Crippen molar-refractivity contribution < 1.29 is 0 Å². The average molecular weight is 776 g/mol. The third kappa shape index (κ3) is 4.39. The van der Waals surface area contributed by atoms with E-state index in [1.165, 1.54) is 65.9 Å². The average Bonchev–Trinajstić information content (AvgIpc) is 3.93. The topological polar surface area (TPSA) is 40.6 Å². The zero-order valence-electron chi connectivity index (χ0n) is 32.8. The van der Waals surface area contributed by atoms with Gasteiger partial charge in [0.1, 0.15) is 5.69 Å². The highest BCUT2D eigenvalue weighted by atomic mass is 15.1. The normalized spacial score (nSPS) is 12.3. The van der Waals surface area contributed by atoms with Gasteiger partial charge >= 0.3 is 0 Å². The van der Waals surface area contributed by atoms with Crippen molar-refractivity contribution >= 4 is 76.5 Å². The molecule has 0 amide bonds. The first-order valence-electron chi connectivity index (χ1n) is 20.8. The summed E-state index contributed by atoms with van der Waals surface area (Å²) in [6.45, 7) is 0. The van der Waals surface area contributed by atoms with Gasteiger partial charge in [0.2, 0.25) is 0 Å². The van der Waals surface area contributed by atoms with Gasteiger partial charge in [0.15, 0.2) is 5.82 Å². The number of hydrogen-bond donors (Lipinski definition) is 0. The second-order valence-electron chi connectivity index (χ2n) is 16.1. The number of rotatable bonds is 3. The minimum absolute atomic E-state index is 0.804. The Labute approximate surface area is 349 Å². The van der Waals surface area contributed by atoms with E-state index >= 15 is 0 Å². The summed E-state index contributed by atoms with van der Waals surface area (Å²) in [6.07, 6.45) is 0. The van der Waals surface area contributed by atoms with Crippen molar-refractivity contribution in [1.29, 1.82) is 0 Å². The summed E-state index contributed by atoms with van der Waals surface area (Å²) < 4.78 is 7.25. The summed E-state index contributed by atoms with van der Waals surface area (Å²) >= 11 is 0. The van der Waals surface area contributed by atoms with Gasteiger partial charge in [-0.05, 0) is 71.8 Å². The van der Waals surface area contributed by atoms with Crippen LogP contribution in [0.25, 0.3) is 127 Å². The Balaban J connectivity index is 1.13. The van der Waals surface area contributed by atoms with Gasteiger partial charge in [0, 0.05) is 54.7 Å². The predicted octanol–water partition coefficient (Wildman–Crippen LogP) is 14.2. The van der Waals surface area contributed by atoms with E-state index in [-0.39, 0.29) is 0 Å². The highest BCUT2D eigenvalue weighted by molar-refractivity contribution is 6.22. The number of aromatic nitrogens is 5. The first-order chi connectivity index (χ1) is 30.3. The first-order valence-corrected chi connectivity index (χ1v) is 20.8. The van der Waals surface area contributed by atoms with Crippen LogP contribution in [0.1, 0.15) is 0 Å². The van der Waals surface area contributed by atoms with Gasteiger partial charge in [0.25, 0.3) is 0 Å². The Morgan fingerprint density at radius 2 is 0.852 bits per heavy atom. The molecule has 1 aliphatic rings. The van der Waals surface area contributed by atoms with Crippen molar-refractivity contribution in [2.75, 3.05) is 0 Å². The third-order valence-electron chi connectivity index (χ3n) is 13.0. The number of benzene rings is 9. The lowest BCUT2D eigenvalue weighted by Crippen LogP contribution is -2.04. The molecule has 0 saturated carbocycles. The molecule has 0 saturated heterocycles. The van der Waals surface area contributed by atoms with E-state index in [2.05, 4.69) is 214 Å². The lowest BCUT2D eigenvalue weighted by molar-refractivity contribution is 1.08. The second-order valence-corrected chi connectivity index (χ2v) is 16.1. The molecule has 0 spiro atoms. The molecule has 13 aromatic rings. The van der Waals surface area contributed by atoms with Crippen LogP contribution in [0.3, 0.4) is 0 Å². The van der Waals surface area contributed by atoms with Crippen LogP contribution < -0.4 is 0 Å². The summed E-state index contributed by atoms with van der Waals surface area (Å²) in [5.74, 6) is 0.804. The minimum Gasteiger partial charge on any atom is -0.309 e. The minimum atomic E-state index is 0.804. The molecule has 14 rings (SSSR count). The molecule has 0 aliphatic carbocycles. The number of fused-ring (bicyclic) bond motifs is 15. The van der Waals surface area contributed by atoms with Crippen LogP contribution in [0.5, 0.6) is 0 Å². The van der Waals surface area contributed by atoms with Crippen molar-refractivity contribution in [3.8, 4) is 50.7 Å². The molecule has 0 atom stereocenters. The van der Waals surface area contributed by atoms with Crippen molar-refractivity contribution in [2.24, 2.45) is 0 Å². The Morgan fingerprint density at radius 3 is 1.67 bits per heavy atom. The van der Waals surface area contributed by atoms with E-state index in [1.54, 1.807) is 0 Å². The number of para-hydroxylation sites is 7. The fraction of sp³-hybridized carbons (Fsp3) is 0. The fourth-order valence-electron chi connectivity index (χ4n) is 10.5. The van der Waals surface area contributed by atoms with Crippen LogP contribution in [0, 0.1) is 0 Å². The van der Waals surface area contributed by atoms with E-state index in [4.69, 9.17) is 9.97 Å². The van der Waals surface area contributed by atoms with Crippen molar-refractivity contribution in [2.45, 2.75) is 0 Å². The first kappa shape index (κ1) is 32.7. The Kier molecular flexibility index (Phi) is 6.49. The molecule has 9 aromatic carbocycles. The quantitative estimate of drug-likeness (QED) is 0.179. The molecular weight excluding hydrogens is 743 g/mol. The highest BCUT2D eigenvalue weighted by Gasteiger charge is 2.27. The smallest absolute Gasteiger partial charge is 0.165 e. The lowest BCUT2D eigenvalue weighted by atomic mass is 9.94. The largest absolute Gasteiger partial charge is 0.309 e. The van der Waals surface area contributed by atoms with E-state index < -0.39 is 0 Å². The molecule has 61 heavy (non-hydrogen) atoms. The fourth-order valence-corrected chi connectivity index (χ4v) is 10.5. The monoisotopic (exact) mass is 775 g/mol. The summed E-state index contributed by atoms with van der Waals surface area (Å²) in [4.78, 5) is 11.2. The van der Waals surface area contributed by atoms with E-state index in [1.807, 2.05) is 0 Å². The summed E-state index contributed by atoms with van der Waals surface area (Å²) in [5.41, 5.74) is 17.7. The Hall–Kier alpha value is -8.28. The molecule has 5 heterocycles. The molecule has 1 aliphatic heterocycles. The van der Waals surface area contributed by atoms with E-state index in [9.17, 15) is 0 Å². The standard InChI is InChI=1S/C56H33N5/c1-2-16-34(17-3-1)59-49-30-13-8-22-41(49)53-42(25-15-31-50(53)59)54-56(58-46-27-10-9-26-45(46)57-54)61-48-29-12-7-21-38(48)43-32-51-44(33-52(43)61)40-24-14-23-39-36-19-5-4-18-35(36)37-20-6-11-28-47(37)60(51)55(39)40/h1-33H. The molecule has 5 nitrogen and oxygen atoms in total. The van der Waals surface area contributed by atoms with Crippen LogP contribution in [0.2, 0.25) is 0 Å². The van der Waals surface area contributed by atoms with Gasteiger partial charge in [-0.15, -0.1) is 0 Å².